The number of benzene rings is 1. The number of anilines is 2. The summed E-state index contributed by atoms with van der Waals surface area (Å²) < 4.78 is 0. The molecule has 3 aromatic heterocycles. The third-order valence-corrected chi connectivity index (χ3v) is 4.22. The minimum Gasteiger partial charge on any atom is -0.326 e. The minimum absolute atomic E-state index is 0.234. The molecule has 3 heterocycles. The zero-order valence-electron chi connectivity index (χ0n) is 14.2. The number of aryl methyl sites for hydroxylation is 1. The maximum absolute atomic E-state index is 12.7. The van der Waals surface area contributed by atoms with E-state index in [1.165, 1.54) is 5.56 Å². The van der Waals surface area contributed by atoms with Crippen LogP contribution in [0.25, 0.3) is 22.2 Å². The second-order valence-electron chi connectivity index (χ2n) is 5.88. The van der Waals surface area contributed by atoms with Crippen molar-refractivity contribution in [1.29, 1.82) is 0 Å². The van der Waals surface area contributed by atoms with Gasteiger partial charge in [-0.1, -0.05) is 19.1 Å². The number of hydrogen-bond donors (Lipinski definition) is 2. The standard InChI is InChI=1S/C20H17N5O/c1-2-13-3-5-15(6-4-13)23-20-24-18-17(19(26)25-20)16(9-12-22-18)14-7-10-21-11-8-14/h3-12H,2H2,1H3,(H2,22,23,24,25,26). The van der Waals surface area contributed by atoms with Gasteiger partial charge in [0.15, 0.2) is 5.65 Å². The quantitative estimate of drug-likeness (QED) is 0.590. The van der Waals surface area contributed by atoms with E-state index in [1.54, 1.807) is 18.6 Å². The Morgan fingerprint density at radius 2 is 1.77 bits per heavy atom. The molecule has 6 heteroatoms. The lowest BCUT2D eigenvalue weighted by Gasteiger charge is -2.09. The zero-order chi connectivity index (χ0) is 17.9. The highest BCUT2D eigenvalue weighted by molar-refractivity contribution is 5.92. The van der Waals surface area contributed by atoms with Gasteiger partial charge in [-0.25, -0.2) is 4.98 Å². The van der Waals surface area contributed by atoms with Crippen LogP contribution in [-0.4, -0.2) is 19.9 Å². The van der Waals surface area contributed by atoms with E-state index in [0.29, 0.717) is 17.0 Å². The average Bonchev–Trinajstić information content (AvgIpc) is 2.69. The molecule has 0 unspecified atom stereocenters. The Morgan fingerprint density at radius 1 is 1.00 bits per heavy atom. The van der Waals surface area contributed by atoms with Crippen LogP contribution in [-0.2, 0) is 6.42 Å². The Hall–Kier alpha value is -3.54. The summed E-state index contributed by atoms with van der Waals surface area (Å²) in [7, 11) is 0. The van der Waals surface area contributed by atoms with Gasteiger partial charge in [-0.05, 0) is 53.4 Å². The van der Waals surface area contributed by atoms with E-state index in [1.807, 2.05) is 42.5 Å². The molecular formula is C20H17N5O. The minimum atomic E-state index is -0.234. The number of fused-ring (bicyclic) bond motifs is 1. The van der Waals surface area contributed by atoms with Gasteiger partial charge in [0.2, 0.25) is 5.95 Å². The van der Waals surface area contributed by atoms with E-state index >= 15 is 0 Å². The summed E-state index contributed by atoms with van der Waals surface area (Å²) in [6.07, 6.45) is 6.02. The predicted molar refractivity (Wildman–Crippen MR) is 102 cm³/mol. The SMILES string of the molecule is CCc1ccc(Nc2nc3nccc(-c4ccncc4)c3c(=O)[nH]2)cc1. The Bertz CT molecular complexity index is 1100. The topological polar surface area (TPSA) is 83.6 Å². The molecule has 0 aliphatic carbocycles. The molecule has 0 aliphatic heterocycles. The van der Waals surface area contributed by atoms with Crippen LogP contribution in [0.2, 0.25) is 0 Å². The molecular weight excluding hydrogens is 326 g/mol. The summed E-state index contributed by atoms with van der Waals surface area (Å²) in [5.41, 5.74) is 3.95. The zero-order valence-corrected chi connectivity index (χ0v) is 14.2. The molecule has 0 atom stereocenters. The van der Waals surface area contributed by atoms with Crippen LogP contribution in [0, 0.1) is 0 Å². The highest BCUT2D eigenvalue weighted by atomic mass is 16.1. The number of nitrogens with one attached hydrogen (secondary N) is 2. The van der Waals surface area contributed by atoms with E-state index in [-0.39, 0.29) is 5.56 Å². The van der Waals surface area contributed by atoms with E-state index < -0.39 is 0 Å². The number of rotatable bonds is 4. The Balaban J connectivity index is 1.76. The number of H-pyrrole nitrogens is 1. The van der Waals surface area contributed by atoms with Gasteiger partial charge in [0.1, 0.15) is 0 Å². The molecule has 0 saturated carbocycles. The number of pyridine rings is 2. The third kappa shape index (κ3) is 3.04. The molecule has 1 aromatic carbocycles. The summed E-state index contributed by atoms with van der Waals surface area (Å²) in [6, 6.07) is 13.5. The lowest BCUT2D eigenvalue weighted by Crippen LogP contribution is -2.13. The molecule has 6 nitrogen and oxygen atoms in total. The first-order valence-electron chi connectivity index (χ1n) is 8.40. The summed E-state index contributed by atoms with van der Waals surface area (Å²) in [6.45, 7) is 2.11. The fourth-order valence-electron chi connectivity index (χ4n) is 2.85. The third-order valence-electron chi connectivity index (χ3n) is 4.22. The highest BCUT2D eigenvalue weighted by Crippen LogP contribution is 2.24. The molecule has 0 bridgehead atoms. The van der Waals surface area contributed by atoms with Crippen molar-refractivity contribution in [3.8, 4) is 11.1 Å². The van der Waals surface area contributed by atoms with Crippen LogP contribution < -0.4 is 10.9 Å². The van der Waals surface area contributed by atoms with E-state index in [2.05, 4.69) is 32.2 Å². The van der Waals surface area contributed by atoms with Crippen molar-refractivity contribution in [3.05, 3.63) is 77.0 Å². The van der Waals surface area contributed by atoms with Crippen LogP contribution in [0.4, 0.5) is 11.6 Å². The molecule has 0 radical (unpaired) electrons. The molecule has 128 valence electrons. The first-order valence-corrected chi connectivity index (χ1v) is 8.40. The van der Waals surface area contributed by atoms with Gasteiger partial charge in [0, 0.05) is 24.3 Å². The van der Waals surface area contributed by atoms with Gasteiger partial charge in [0.05, 0.1) is 5.39 Å². The summed E-state index contributed by atoms with van der Waals surface area (Å²) in [4.78, 5) is 28.3. The summed E-state index contributed by atoms with van der Waals surface area (Å²) >= 11 is 0. The van der Waals surface area contributed by atoms with E-state index in [0.717, 1.165) is 23.2 Å². The van der Waals surface area contributed by atoms with Gasteiger partial charge in [0.25, 0.3) is 5.56 Å². The average molecular weight is 343 g/mol. The second kappa shape index (κ2) is 6.76. The van der Waals surface area contributed by atoms with Crippen LogP contribution in [0.15, 0.2) is 65.8 Å². The largest absolute Gasteiger partial charge is 0.326 e. The van der Waals surface area contributed by atoms with E-state index in [4.69, 9.17) is 0 Å². The van der Waals surface area contributed by atoms with Crippen LogP contribution in [0.3, 0.4) is 0 Å². The molecule has 0 aliphatic rings. The van der Waals surface area contributed by atoms with Crippen molar-refractivity contribution in [2.45, 2.75) is 13.3 Å². The molecule has 2 N–H and O–H groups in total. The van der Waals surface area contributed by atoms with Gasteiger partial charge in [-0.15, -0.1) is 0 Å². The lowest BCUT2D eigenvalue weighted by atomic mass is 10.1. The number of aromatic nitrogens is 4. The van der Waals surface area contributed by atoms with Crippen LogP contribution in [0.5, 0.6) is 0 Å². The first-order chi connectivity index (χ1) is 12.7. The predicted octanol–water partition coefficient (Wildman–Crippen LogP) is 3.69. The Kier molecular flexibility index (Phi) is 4.15. The first kappa shape index (κ1) is 16.0. The molecule has 0 amide bonds. The van der Waals surface area contributed by atoms with Gasteiger partial charge in [-0.3, -0.25) is 14.8 Å². The van der Waals surface area contributed by atoms with Crippen molar-refractivity contribution < 1.29 is 0 Å². The van der Waals surface area contributed by atoms with Gasteiger partial charge in [-0.2, -0.15) is 4.98 Å². The second-order valence-corrected chi connectivity index (χ2v) is 5.88. The van der Waals surface area contributed by atoms with Gasteiger partial charge >= 0.3 is 0 Å². The van der Waals surface area contributed by atoms with Crippen molar-refractivity contribution in [3.63, 3.8) is 0 Å². The van der Waals surface area contributed by atoms with Gasteiger partial charge < -0.3 is 5.32 Å². The van der Waals surface area contributed by atoms with Crippen molar-refractivity contribution in [2.75, 3.05) is 5.32 Å². The Labute approximate surface area is 150 Å². The fourth-order valence-corrected chi connectivity index (χ4v) is 2.85. The smallest absolute Gasteiger partial charge is 0.262 e. The maximum atomic E-state index is 12.7. The molecule has 0 saturated heterocycles. The number of aromatic amines is 1. The molecule has 0 spiro atoms. The van der Waals surface area contributed by atoms with Crippen LogP contribution in [0.1, 0.15) is 12.5 Å². The lowest BCUT2D eigenvalue weighted by molar-refractivity contribution is 1.13. The number of nitrogens with zero attached hydrogens (tertiary/aromatic N) is 3. The summed E-state index contributed by atoms with van der Waals surface area (Å²) in [5, 5.41) is 3.59. The fraction of sp³-hybridized carbons (Fsp3) is 0.100. The van der Waals surface area contributed by atoms with Crippen LogP contribution >= 0.6 is 0 Å². The summed E-state index contributed by atoms with van der Waals surface area (Å²) in [5.74, 6) is 0.367. The van der Waals surface area contributed by atoms with Crippen molar-refractivity contribution >= 4 is 22.7 Å². The Morgan fingerprint density at radius 3 is 2.50 bits per heavy atom. The molecule has 4 rings (SSSR count). The van der Waals surface area contributed by atoms with Crippen molar-refractivity contribution in [1.82, 2.24) is 19.9 Å². The molecule has 4 aromatic rings. The molecule has 26 heavy (non-hydrogen) atoms. The van der Waals surface area contributed by atoms with Crippen molar-refractivity contribution in [2.24, 2.45) is 0 Å². The number of hydrogen-bond acceptors (Lipinski definition) is 5. The highest BCUT2D eigenvalue weighted by Gasteiger charge is 2.11. The normalized spacial score (nSPS) is 10.8. The monoisotopic (exact) mass is 343 g/mol. The molecule has 0 fully saturated rings. The maximum Gasteiger partial charge on any atom is 0.262 e. The van der Waals surface area contributed by atoms with E-state index in [9.17, 15) is 4.79 Å².